The van der Waals surface area contributed by atoms with Crippen LogP contribution < -0.4 is 4.74 Å². The van der Waals surface area contributed by atoms with Crippen molar-refractivity contribution >= 4 is 17.3 Å². The predicted octanol–water partition coefficient (Wildman–Crippen LogP) is 7.13. The molecule has 0 spiro atoms. The van der Waals surface area contributed by atoms with Gasteiger partial charge in [-0.25, -0.2) is 4.98 Å². The van der Waals surface area contributed by atoms with Gasteiger partial charge in [0.05, 0.1) is 22.1 Å². The third kappa shape index (κ3) is 6.08. The summed E-state index contributed by atoms with van der Waals surface area (Å²) in [7, 11) is 0. The summed E-state index contributed by atoms with van der Waals surface area (Å²) in [5, 5.41) is 10.3. The minimum Gasteiger partial charge on any atom is -0.488 e. The number of carbonyl (C=O) groups is 1. The van der Waals surface area contributed by atoms with Crippen molar-refractivity contribution in [3.63, 3.8) is 0 Å². The second kappa shape index (κ2) is 10.3. The maximum atomic E-state index is 12.8. The van der Waals surface area contributed by atoms with Gasteiger partial charge in [-0.05, 0) is 48.7 Å². The molecule has 3 aromatic carbocycles. The zero-order valence-electron chi connectivity index (χ0n) is 18.8. The average molecular weight is 498 g/mol. The van der Waals surface area contributed by atoms with Crippen LogP contribution in [0.5, 0.6) is 5.75 Å². The molecule has 0 saturated carbocycles. The van der Waals surface area contributed by atoms with Crippen LogP contribution in [-0.2, 0) is 24.0 Å². The highest BCUT2D eigenvalue weighted by Crippen LogP contribution is 2.33. The van der Waals surface area contributed by atoms with E-state index in [1.165, 1.54) is 23.5 Å². The maximum absolute atomic E-state index is 12.8. The van der Waals surface area contributed by atoms with Crippen LogP contribution in [-0.4, -0.2) is 16.1 Å². The van der Waals surface area contributed by atoms with Crippen LogP contribution >= 0.6 is 11.3 Å². The highest BCUT2D eigenvalue weighted by molar-refractivity contribution is 7.15. The van der Waals surface area contributed by atoms with Gasteiger partial charge in [0.25, 0.3) is 0 Å². The monoisotopic (exact) mass is 497 g/mol. The number of aromatic nitrogens is 1. The lowest BCUT2D eigenvalue weighted by atomic mass is 9.92. The first kappa shape index (κ1) is 24.5. The van der Waals surface area contributed by atoms with Gasteiger partial charge >= 0.3 is 12.1 Å². The number of benzene rings is 3. The fourth-order valence-electron chi connectivity index (χ4n) is 3.63. The minimum absolute atomic E-state index is 0.269. The molecule has 0 aliphatic heterocycles. The molecule has 4 nitrogen and oxygen atoms in total. The van der Waals surface area contributed by atoms with Gasteiger partial charge in [0, 0.05) is 5.56 Å². The molecule has 180 valence electrons. The Labute approximate surface area is 204 Å². The van der Waals surface area contributed by atoms with E-state index in [9.17, 15) is 23.1 Å². The molecule has 0 radical (unpaired) electrons. The maximum Gasteiger partial charge on any atom is 0.416 e. The Bertz CT molecular complexity index is 1280. The van der Waals surface area contributed by atoms with Gasteiger partial charge in [0.2, 0.25) is 0 Å². The molecule has 1 unspecified atom stereocenters. The van der Waals surface area contributed by atoms with Crippen molar-refractivity contribution in [2.45, 2.75) is 32.0 Å². The first-order valence-electron chi connectivity index (χ1n) is 10.8. The number of aryl methyl sites for hydroxylation is 1. The van der Waals surface area contributed by atoms with E-state index in [0.29, 0.717) is 22.7 Å². The molecule has 35 heavy (non-hydrogen) atoms. The molecule has 4 aromatic rings. The molecule has 0 fully saturated rings. The van der Waals surface area contributed by atoms with Crippen LogP contribution in [0, 0.1) is 6.92 Å². The minimum atomic E-state index is -4.37. The van der Waals surface area contributed by atoms with E-state index >= 15 is 0 Å². The molecule has 0 amide bonds. The zero-order valence-corrected chi connectivity index (χ0v) is 19.6. The molecular weight excluding hydrogens is 475 g/mol. The molecular formula is C27H22F3NO3S. The molecule has 8 heteroatoms. The van der Waals surface area contributed by atoms with E-state index < -0.39 is 23.6 Å². The van der Waals surface area contributed by atoms with Crippen LogP contribution in [0.2, 0.25) is 0 Å². The zero-order chi connectivity index (χ0) is 25.0. The molecule has 1 aromatic heterocycles. The summed E-state index contributed by atoms with van der Waals surface area (Å²) >= 11 is 1.37. The summed E-state index contributed by atoms with van der Waals surface area (Å²) in [6.07, 6.45) is -4.01. The Morgan fingerprint density at radius 2 is 1.66 bits per heavy atom. The summed E-state index contributed by atoms with van der Waals surface area (Å²) in [6.45, 7) is 2.10. The number of aliphatic carboxylic acids is 1. The number of thiazole rings is 1. The number of carboxylic acid groups (broad SMARTS) is 1. The summed E-state index contributed by atoms with van der Waals surface area (Å²) in [5.41, 5.74) is 2.32. The Balaban J connectivity index is 1.39. The van der Waals surface area contributed by atoms with Crippen molar-refractivity contribution in [2.75, 3.05) is 0 Å². The van der Waals surface area contributed by atoms with E-state index in [2.05, 4.69) is 4.98 Å². The molecule has 1 atom stereocenters. The number of hydrogen-bond acceptors (Lipinski definition) is 4. The topological polar surface area (TPSA) is 59.4 Å². The van der Waals surface area contributed by atoms with Crippen molar-refractivity contribution in [3.8, 4) is 16.3 Å². The number of nitrogens with zero attached hydrogens (tertiary/aromatic N) is 1. The van der Waals surface area contributed by atoms with Crippen LogP contribution in [0.3, 0.4) is 0 Å². The Kier molecular flexibility index (Phi) is 7.21. The fraction of sp³-hybridized carbons (Fsp3) is 0.185. The number of alkyl halides is 3. The summed E-state index contributed by atoms with van der Waals surface area (Å²) in [6, 6.07) is 21.4. The van der Waals surface area contributed by atoms with Gasteiger partial charge in [0.15, 0.2) is 0 Å². The van der Waals surface area contributed by atoms with Crippen LogP contribution in [0.4, 0.5) is 13.2 Å². The van der Waals surface area contributed by atoms with E-state index in [-0.39, 0.29) is 6.61 Å². The molecule has 0 saturated heterocycles. The molecule has 1 N–H and O–H groups in total. The highest BCUT2D eigenvalue weighted by Gasteiger charge is 2.30. The number of hydrogen-bond donors (Lipinski definition) is 1. The van der Waals surface area contributed by atoms with Crippen LogP contribution in [0.15, 0.2) is 78.9 Å². The standard InChI is InChI=1S/C27H22F3NO3S/c1-17-24(35-25(31-17)20-9-11-21(12-10-20)27(28,29)30)16-34-22-13-7-18(8-14-22)15-23(26(32)33)19-5-3-2-4-6-19/h2-14,23H,15-16H2,1H3,(H,32,33). The smallest absolute Gasteiger partial charge is 0.416 e. The third-order valence-corrected chi connectivity index (χ3v) is 6.76. The lowest BCUT2D eigenvalue weighted by Crippen LogP contribution is -2.14. The number of rotatable bonds is 8. The van der Waals surface area contributed by atoms with Gasteiger partial charge in [-0.15, -0.1) is 11.3 Å². The second-order valence-electron chi connectivity index (χ2n) is 8.04. The van der Waals surface area contributed by atoms with Gasteiger partial charge in [-0.1, -0.05) is 54.6 Å². The summed E-state index contributed by atoms with van der Waals surface area (Å²) < 4.78 is 44.3. The van der Waals surface area contributed by atoms with E-state index in [4.69, 9.17) is 4.74 Å². The predicted molar refractivity (Wildman–Crippen MR) is 129 cm³/mol. The Morgan fingerprint density at radius 1 is 1.00 bits per heavy atom. The summed E-state index contributed by atoms with van der Waals surface area (Å²) in [4.78, 5) is 17.1. The molecule has 0 aliphatic carbocycles. The van der Waals surface area contributed by atoms with Crippen molar-refractivity contribution in [3.05, 3.63) is 106 Å². The fourth-order valence-corrected chi connectivity index (χ4v) is 4.61. The van der Waals surface area contributed by atoms with Gasteiger partial charge in [0.1, 0.15) is 17.4 Å². The normalized spacial score (nSPS) is 12.3. The lowest BCUT2D eigenvalue weighted by Gasteiger charge is -2.13. The number of halogens is 3. The van der Waals surface area contributed by atoms with E-state index in [1.807, 2.05) is 49.4 Å². The van der Waals surface area contributed by atoms with Gasteiger partial charge in [-0.2, -0.15) is 13.2 Å². The van der Waals surface area contributed by atoms with Crippen LogP contribution in [0.25, 0.3) is 10.6 Å². The molecule has 0 aliphatic rings. The van der Waals surface area contributed by atoms with E-state index in [0.717, 1.165) is 33.8 Å². The second-order valence-corrected chi connectivity index (χ2v) is 9.12. The molecule has 0 bridgehead atoms. The quantitative estimate of drug-likeness (QED) is 0.281. The average Bonchev–Trinajstić information content (AvgIpc) is 3.22. The third-order valence-electron chi connectivity index (χ3n) is 5.58. The van der Waals surface area contributed by atoms with Crippen molar-refractivity contribution in [2.24, 2.45) is 0 Å². The van der Waals surface area contributed by atoms with Gasteiger partial charge < -0.3 is 9.84 Å². The first-order chi connectivity index (χ1) is 16.7. The Hall–Kier alpha value is -3.65. The number of carboxylic acids is 1. The number of ether oxygens (including phenoxy) is 1. The van der Waals surface area contributed by atoms with Crippen LogP contribution in [0.1, 0.15) is 33.2 Å². The highest BCUT2D eigenvalue weighted by atomic mass is 32.1. The van der Waals surface area contributed by atoms with Crippen molar-refractivity contribution in [1.29, 1.82) is 0 Å². The lowest BCUT2D eigenvalue weighted by molar-refractivity contribution is -0.139. The van der Waals surface area contributed by atoms with Crippen molar-refractivity contribution < 1.29 is 27.8 Å². The molecule has 1 heterocycles. The van der Waals surface area contributed by atoms with Crippen molar-refractivity contribution in [1.82, 2.24) is 4.98 Å². The van der Waals surface area contributed by atoms with Gasteiger partial charge in [-0.3, -0.25) is 4.79 Å². The first-order valence-corrected chi connectivity index (χ1v) is 11.7. The summed E-state index contributed by atoms with van der Waals surface area (Å²) in [5.74, 6) is -0.878. The Morgan fingerprint density at radius 3 is 2.26 bits per heavy atom. The molecule has 4 rings (SSSR count). The van der Waals surface area contributed by atoms with E-state index in [1.54, 1.807) is 12.1 Å². The SMILES string of the molecule is Cc1nc(-c2ccc(C(F)(F)F)cc2)sc1COc1ccc(CC(C(=O)O)c2ccccc2)cc1. The largest absolute Gasteiger partial charge is 0.488 e.